The summed E-state index contributed by atoms with van der Waals surface area (Å²) in [7, 11) is 0. The second kappa shape index (κ2) is 7.81. The Balaban J connectivity index is 1.30. The van der Waals surface area contributed by atoms with Crippen LogP contribution in [0.25, 0.3) is 5.69 Å². The average Bonchev–Trinajstić information content (AvgIpc) is 3.23. The fourth-order valence-electron chi connectivity index (χ4n) is 4.92. The van der Waals surface area contributed by atoms with E-state index in [0.29, 0.717) is 37.5 Å². The molecule has 1 saturated heterocycles. The number of fused-ring (bicyclic) bond motifs is 3. The van der Waals surface area contributed by atoms with Crippen molar-refractivity contribution < 1.29 is 23.1 Å². The molecule has 3 aliphatic rings. The number of ether oxygens (including phenoxy) is 1. The highest BCUT2D eigenvalue weighted by Gasteiger charge is 2.50. The molecule has 2 fully saturated rings. The van der Waals surface area contributed by atoms with E-state index in [2.05, 4.69) is 10.4 Å². The quantitative estimate of drug-likeness (QED) is 0.756. The Labute approximate surface area is 191 Å². The monoisotopic (exact) mass is 458 g/mol. The van der Waals surface area contributed by atoms with Gasteiger partial charge in [0.05, 0.1) is 5.69 Å². The van der Waals surface area contributed by atoms with Crippen LogP contribution in [-0.4, -0.2) is 51.4 Å². The third kappa shape index (κ3) is 4.20. The largest absolute Gasteiger partial charge is 0.444 e. The molecular weight excluding hydrogens is 430 g/mol. The highest BCUT2D eigenvalue weighted by Crippen LogP contribution is 2.57. The molecule has 1 N–H and O–H groups in total. The summed E-state index contributed by atoms with van der Waals surface area (Å²) in [4.78, 5) is 27.1. The molecule has 1 aromatic heterocycles. The first-order valence-corrected chi connectivity index (χ1v) is 11.5. The summed E-state index contributed by atoms with van der Waals surface area (Å²) < 4.78 is 34.8. The third-order valence-electron chi connectivity index (χ3n) is 6.60. The normalized spacial score (nSPS) is 22.0. The van der Waals surface area contributed by atoms with Gasteiger partial charge in [0.15, 0.2) is 11.5 Å². The minimum Gasteiger partial charge on any atom is -0.444 e. The second-order valence-corrected chi connectivity index (χ2v) is 10.2. The molecule has 0 unspecified atom stereocenters. The molecule has 0 radical (unpaired) electrons. The van der Waals surface area contributed by atoms with E-state index in [0.717, 1.165) is 30.2 Å². The Morgan fingerprint density at radius 2 is 1.91 bits per heavy atom. The van der Waals surface area contributed by atoms with Gasteiger partial charge in [-0.05, 0) is 64.5 Å². The van der Waals surface area contributed by atoms with Crippen LogP contribution in [0.15, 0.2) is 18.2 Å². The van der Waals surface area contributed by atoms with Gasteiger partial charge in [-0.15, -0.1) is 0 Å². The number of nitrogens with one attached hydrogen (secondary N) is 1. The van der Waals surface area contributed by atoms with Crippen LogP contribution in [0.5, 0.6) is 0 Å². The first kappa shape index (κ1) is 21.9. The van der Waals surface area contributed by atoms with E-state index in [1.165, 1.54) is 16.8 Å². The number of halogens is 2. The Hall–Kier alpha value is -2.97. The number of likely N-dealkylation sites (tertiary alicyclic amines) is 1. The van der Waals surface area contributed by atoms with Crippen molar-refractivity contribution in [1.82, 2.24) is 20.0 Å². The molecule has 2 aromatic rings. The maximum absolute atomic E-state index is 14.5. The number of aromatic nitrogens is 2. The lowest BCUT2D eigenvalue weighted by Crippen LogP contribution is -2.48. The van der Waals surface area contributed by atoms with Crippen LogP contribution in [-0.2, 0) is 11.2 Å². The van der Waals surface area contributed by atoms with Crippen LogP contribution in [0.4, 0.5) is 13.6 Å². The molecule has 176 valence electrons. The number of carbonyl (C=O) groups excluding carboxylic acids is 2. The van der Waals surface area contributed by atoms with Crippen molar-refractivity contribution in [3.8, 4) is 5.69 Å². The van der Waals surface area contributed by atoms with Crippen LogP contribution < -0.4 is 5.32 Å². The van der Waals surface area contributed by atoms with Gasteiger partial charge in [-0.1, -0.05) is 0 Å². The molecule has 5 rings (SSSR count). The molecule has 0 bridgehead atoms. The fourth-order valence-corrected chi connectivity index (χ4v) is 4.92. The molecule has 0 spiro atoms. The van der Waals surface area contributed by atoms with Crippen molar-refractivity contribution in [2.45, 2.75) is 64.0 Å². The number of benzene rings is 1. The van der Waals surface area contributed by atoms with Gasteiger partial charge in [-0.25, -0.2) is 18.3 Å². The number of hydrogen-bond donors (Lipinski definition) is 1. The highest BCUT2D eigenvalue weighted by atomic mass is 19.1. The van der Waals surface area contributed by atoms with Crippen LogP contribution in [0, 0.1) is 17.6 Å². The van der Waals surface area contributed by atoms with Gasteiger partial charge in [-0.2, -0.15) is 5.10 Å². The van der Waals surface area contributed by atoms with E-state index in [4.69, 9.17) is 4.74 Å². The fraction of sp³-hybridized carbons (Fsp3) is 0.542. The summed E-state index contributed by atoms with van der Waals surface area (Å²) in [6.45, 7) is 6.49. The van der Waals surface area contributed by atoms with Crippen molar-refractivity contribution in [1.29, 1.82) is 0 Å². The van der Waals surface area contributed by atoms with Gasteiger partial charge >= 0.3 is 6.09 Å². The van der Waals surface area contributed by atoms with E-state index < -0.39 is 17.2 Å². The summed E-state index contributed by atoms with van der Waals surface area (Å²) in [5, 5.41) is 7.52. The molecule has 9 heteroatoms. The smallest absolute Gasteiger partial charge is 0.410 e. The lowest BCUT2D eigenvalue weighted by atomic mass is 10.0. The lowest BCUT2D eigenvalue weighted by Gasteiger charge is -2.33. The van der Waals surface area contributed by atoms with Gasteiger partial charge in [0.1, 0.15) is 17.1 Å². The average molecular weight is 459 g/mol. The van der Waals surface area contributed by atoms with Crippen LogP contribution in [0.1, 0.15) is 67.7 Å². The maximum Gasteiger partial charge on any atom is 0.410 e. The zero-order chi connectivity index (χ0) is 23.5. The Bertz CT molecular complexity index is 1120. The molecule has 1 aromatic carbocycles. The number of carbonyl (C=O) groups is 2. The minimum absolute atomic E-state index is 0.0875. The molecule has 2 aliphatic carbocycles. The minimum atomic E-state index is -0.703. The zero-order valence-corrected chi connectivity index (χ0v) is 19.0. The standard InChI is InChI=1S/C24H28F2N4O3/c1-24(2,3)33-23(32)29-8-6-15(7-9-29)27-22(31)20-17-11-13-10-16(13)21(17)30(28-20)19-5-4-14(25)12-18(19)26/h4-5,12-13,15-16H,6-11H2,1-3H3,(H,27,31)/t13-,16-/m1/s1. The Morgan fingerprint density at radius 1 is 1.18 bits per heavy atom. The van der Waals surface area contributed by atoms with Gasteiger partial charge in [-0.3, -0.25) is 4.79 Å². The van der Waals surface area contributed by atoms with Crippen LogP contribution in [0.3, 0.4) is 0 Å². The first-order valence-electron chi connectivity index (χ1n) is 11.5. The van der Waals surface area contributed by atoms with E-state index in [9.17, 15) is 18.4 Å². The number of nitrogens with zero attached hydrogens (tertiary/aromatic N) is 3. The number of hydrogen-bond acceptors (Lipinski definition) is 4. The SMILES string of the molecule is CC(C)(C)OC(=O)N1CCC(NC(=O)c2nn(-c3ccc(F)cc3F)c3c2C[C@H]2C[C@@H]32)CC1. The third-order valence-corrected chi connectivity index (χ3v) is 6.60. The molecule has 1 aliphatic heterocycles. The number of piperidine rings is 1. The molecule has 2 amide bonds. The van der Waals surface area contributed by atoms with Crippen molar-refractivity contribution >= 4 is 12.0 Å². The summed E-state index contributed by atoms with van der Waals surface area (Å²) in [6, 6.07) is 3.31. The molecule has 7 nitrogen and oxygen atoms in total. The van der Waals surface area contributed by atoms with Crippen molar-refractivity contribution in [2.24, 2.45) is 5.92 Å². The van der Waals surface area contributed by atoms with Crippen molar-refractivity contribution in [2.75, 3.05) is 13.1 Å². The van der Waals surface area contributed by atoms with Crippen molar-refractivity contribution in [3.63, 3.8) is 0 Å². The molecule has 2 heterocycles. The summed E-state index contributed by atoms with van der Waals surface area (Å²) in [6.07, 6.45) is 2.65. The number of amides is 2. The molecule has 2 atom stereocenters. The van der Waals surface area contributed by atoms with Gasteiger partial charge in [0.25, 0.3) is 5.91 Å². The summed E-state index contributed by atoms with van der Waals surface area (Å²) in [5.74, 6) is -0.901. The topological polar surface area (TPSA) is 76.5 Å². The maximum atomic E-state index is 14.5. The molecular formula is C24H28F2N4O3. The molecule has 1 saturated carbocycles. The number of rotatable bonds is 3. The highest BCUT2D eigenvalue weighted by molar-refractivity contribution is 5.94. The van der Waals surface area contributed by atoms with Gasteiger partial charge < -0.3 is 15.0 Å². The Kier molecular flexibility index (Phi) is 5.17. The predicted octanol–water partition coefficient (Wildman–Crippen LogP) is 3.94. The van der Waals surface area contributed by atoms with Gasteiger partial charge in [0.2, 0.25) is 0 Å². The summed E-state index contributed by atoms with van der Waals surface area (Å²) in [5.41, 5.74) is 1.66. The van der Waals surface area contributed by atoms with Crippen LogP contribution in [0.2, 0.25) is 0 Å². The van der Waals surface area contributed by atoms with E-state index >= 15 is 0 Å². The Morgan fingerprint density at radius 3 is 2.58 bits per heavy atom. The summed E-state index contributed by atoms with van der Waals surface area (Å²) >= 11 is 0. The zero-order valence-electron chi connectivity index (χ0n) is 19.0. The van der Waals surface area contributed by atoms with Gasteiger partial charge in [0, 0.05) is 36.7 Å². The molecule has 33 heavy (non-hydrogen) atoms. The van der Waals surface area contributed by atoms with Crippen LogP contribution >= 0.6 is 0 Å². The van der Waals surface area contributed by atoms with Crippen molar-refractivity contribution in [3.05, 3.63) is 46.8 Å². The lowest BCUT2D eigenvalue weighted by molar-refractivity contribution is 0.0199. The van der Waals surface area contributed by atoms with E-state index in [-0.39, 0.29) is 29.6 Å². The predicted molar refractivity (Wildman–Crippen MR) is 116 cm³/mol. The van der Waals surface area contributed by atoms with E-state index in [1.54, 1.807) is 4.90 Å². The van der Waals surface area contributed by atoms with E-state index in [1.807, 2.05) is 20.8 Å². The second-order valence-electron chi connectivity index (χ2n) is 10.2. The first-order chi connectivity index (χ1) is 15.6.